The van der Waals surface area contributed by atoms with Crippen molar-refractivity contribution in [1.29, 1.82) is 0 Å². The van der Waals surface area contributed by atoms with Gasteiger partial charge < -0.3 is 10.2 Å². The average Bonchev–Trinajstić information content (AvgIpc) is 3.64. The maximum Gasteiger partial charge on any atom is 0.257 e. The largest absolute Gasteiger partial charge is 0.335 e. The molecule has 2 amide bonds. The summed E-state index contributed by atoms with van der Waals surface area (Å²) >= 11 is 0. The minimum atomic E-state index is -0.751. The standard InChI is InChI=1S/C36H34F2N8O2/c37-26-3-1-24(2-4-26)34-33(27-5-6-31-40-30(20-46(31)42-27)41-35(48)25-7-8-39-29(38)14-25)28-19-44(9-10-45(28)43-34)32(47)18-36-15-21-11-22(16-36)13-23(12-21)17-36/h1-8,14,20-23H,9-13,15-19H2,(H,41,48). The van der Waals surface area contributed by atoms with Gasteiger partial charge >= 0.3 is 0 Å². The minimum absolute atomic E-state index is 0.117. The molecule has 0 atom stereocenters. The molecule has 5 aliphatic rings. The van der Waals surface area contributed by atoms with Crippen molar-refractivity contribution >= 4 is 23.3 Å². The number of amides is 2. The molecule has 5 aromatic rings. The number of imidazole rings is 1. The summed E-state index contributed by atoms with van der Waals surface area (Å²) in [5.74, 6) is 1.20. The first-order chi connectivity index (χ1) is 23.3. The van der Waals surface area contributed by atoms with Gasteiger partial charge in [0.1, 0.15) is 11.5 Å². The summed E-state index contributed by atoms with van der Waals surface area (Å²) in [4.78, 5) is 36.7. The highest BCUT2D eigenvalue weighted by Gasteiger charge is 2.52. The van der Waals surface area contributed by atoms with Gasteiger partial charge in [-0.25, -0.2) is 18.9 Å². The quantitative estimate of drug-likeness (QED) is 0.222. The van der Waals surface area contributed by atoms with Crippen LogP contribution in [0.2, 0.25) is 0 Å². The number of carbonyl (C=O) groups excluding carboxylic acids is 2. The van der Waals surface area contributed by atoms with E-state index in [1.165, 1.54) is 62.9 Å². The van der Waals surface area contributed by atoms with E-state index < -0.39 is 11.9 Å². The molecule has 4 aliphatic carbocycles. The lowest BCUT2D eigenvalue weighted by Gasteiger charge is -2.57. The van der Waals surface area contributed by atoms with E-state index in [9.17, 15) is 18.4 Å². The van der Waals surface area contributed by atoms with Gasteiger partial charge in [0.15, 0.2) is 11.5 Å². The Morgan fingerprint density at radius 3 is 2.40 bits per heavy atom. The number of aromatic nitrogens is 6. The lowest BCUT2D eigenvalue weighted by molar-refractivity contribution is -0.141. The molecule has 0 spiro atoms. The number of rotatable bonds is 6. The zero-order chi connectivity index (χ0) is 32.6. The van der Waals surface area contributed by atoms with E-state index in [1.54, 1.807) is 28.9 Å². The molecule has 244 valence electrons. The zero-order valence-corrected chi connectivity index (χ0v) is 26.3. The molecule has 4 bridgehead atoms. The lowest BCUT2D eigenvalue weighted by Crippen LogP contribution is -2.49. The van der Waals surface area contributed by atoms with Crippen LogP contribution in [0.5, 0.6) is 0 Å². The van der Waals surface area contributed by atoms with Gasteiger partial charge in [0.2, 0.25) is 11.9 Å². The predicted octanol–water partition coefficient (Wildman–Crippen LogP) is 6.13. The Bertz CT molecular complexity index is 2050. The first kappa shape index (κ1) is 29.2. The number of hydrogen-bond donors (Lipinski definition) is 1. The highest BCUT2D eigenvalue weighted by molar-refractivity contribution is 6.03. The number of pyridine rings is 1. The van der Waals surface area contributed by atoms with E-state index in [4.69, 9.17) is 10.2 Å². The van der Waals surface area contributed by atoms with Gasteiger partial charge in [-0.3, -0.25) is 14.3 Å². The molecule has 0 saturated heterocycles. The van der Waals surface area contributed by atoms with Crippen LogP contribution in [0.4, 0.5) is 14.6 Å². The molecule has 10 rings (SSSR count). The van der Waals surface area contributed by atoms with Crippen molar-refractivity contribution in [3.63, 3.8) is 0 Å². The highest BCUT2D eigenvalue weighted by Crippen LogP contribution is 2.61. The molecule has 4 saturated carbocycles. The van der Waals surface area contributed by atoms with Crippen molar-refractivity contribution in [1.82, 2.24) is 34.3 Å². The fraction of sp³-hybridized carbons (Fsp3) is 0.389. The number of anilines is 1. The number of nitrogens with one attached hydrogen (secondary N) is 1. The van der Waals surface area contributed by atoms with Crippen molar-refractivity contribution in [2.75, 3.05) is 11.9 Å². The van der Waals surface area contributed by atoms with Crippen molar-refractivity contribution in [3.8, 4) is 22.5 Å². The second-order valence-corrected chi connectivity index (χ2v) is 14.3. The van der Waals surface area contributed by atoms with Crippen LogP contribution in [0.3, 0.4) is 0 Å². The third kappa shape index (κ3) is 5.14. The van der Waals surface area contributed by atoms with Crippen LogP contribution in [0.25, 0.3) is 28.2 Å². The third-order valence-corrected chi connectivity index (χ3v) is 10.9. The van der Waals surface area contributed by atoms with Gasteiger partial charge in [-0.05, 0) is 104 Å². The average molecular weight is 649 g/mol. The SMILES string of the molecule is O=C(Nc1cn2nc(-c3c(-c4ccc(F)cc4)nn4c3CN(C(=O)CC35CC6CC(CC(C6)C3)C5)CC4)ccc2n1)c1ccnc(F)c1. The molecule has 12 heteroatoms. The monoisotopic (exact) mass is 648 g/mol. The van der Waals surface area contributed by atoms with Gasteiger partial charge in [0.05, 0.1) is 36.2 Å². The van der Waals surface area contributed by atoms with Gasteiger partial charge in [-0.1, -0.05) is 0 Å². The molecule has 1 aliphatic heterocycles. The second kappa shape index (κ2) is 11.0. The Hall–Kier alpha value is -5.00. The molecule has 4 aromatic heterocycles. The fourth-order valence-electron chi connectivity index (χ4n) is 9.36. The normalized spacial score (nSPS) is 24.2. The molecule has 0 radical (unpaired) electrons. The van der Waals surface area contributed by atoms with Gasteiger partial charge in [-0.2, -0.15) is 14.6 Å². The second-order valence-electron chi connectivity index (χ2n) is 14.3. The first-order valence-corrected chi connectivity index (χ1v) is 16.7. The topological polar surface area (TPSA) is 110 Å². The summed E-state index contributed by atoms with van der Waals surface area (Å²) in [6, 6.07) is 12.3. The third-order valence-electron chi connectivity index (χ3n) is 10.9. The number of fused-ring (bicyclic) bond motifs is 2. The summed E-state index contributed by atoms with van der Waals surface area (Å²) in [5, 5.41) is 12.5. The van der Waals surface area contributed by atoms with Gasteiger partial charge in [-0.15, -0.1) is 0 Å². The van der Waals surface area contributed by atoms with Crippen molar-refractivity contribution < 1.29 is 18.4 Å². The van der Waals surface area contributed by atoms with Crippen molar-refractivity contribution in [3.05, 3.63) is 83.9 Å². The zero-order valence-electron chi connectivity index (χ0n) is 26.3. The van der Waals surface area contributed by atoms with Crippen LogP contribution in [0, 0.1) is 34.9 Å². The van der Waals surface area contributed by atoms with E-state index >= 15 is 0 Å². The fourth-order valence-corrected chi connectivity index (χ4v) is 9.36. The summed E-state index contributed by atoms with van der Waals surface area (Å²) in [5.41, 5.74) is 4.40. The minimum Gasteiger partial charge on any atom is -0.335 e. The smallest absolute Gasteiger partial charge is 0.257 e. The van der Waals surface area contributed by atoms with Crippen LogP contribution in [0.15, 0.2) is 60.9 Å². The number of benzene rings is 1. The van der Waals surface area contributed by atoms with Crippen LogP contribution in [-0.2, 0) is 17.9 Å². The summed E-state index contributed by atoms with van der Waals surface area (Å²) < 4.78 is 31.0. The Labute approximate surface area is 275 Å². The predicted molar refractivity (Wildman–Crippen MR) is 172 cm³/mol. The van der Waals surface area contributed by atoms with Crippen LogP contribution in [-0.4, -0.2) is 52.6 Å². The molecule has 10 nitrogen and oxygen atoms in total. The summed E-state index contributed by atoms with van der Waals surface area (Å²) in [7, 11) is 0. The summed E-state index contributed by atoms with van der Waals surface area (Å²) in [6.07, 6.45) is 11.0. The molecular formula is C36H34F2N8O2. The van der Waals surface area contributed by atoms with E-state index in [1.807, 2.05) is 15.6 Å². The highest BCUT2D eigenvalue weighted by atomic mass is 19.1. The molecular weight excluding hydrogens is 614 g/mol. The Morgan fingerprint density at radius 1 is 0.917 bits per heavy atom. The van der Waals surface area contributed by atoms with E-state index in [0.717, 1.165) is 40.6 Å². The molecule has 48 heavy (non-hydrogen) atoms. The van der Waals surface area contributed by atoms with Crippen molar-refractivity contribution in [2.24, 2.45) is 23.2 Å². The van der Waals surface area contributed by atoms with Crippen LogP contribution >= 0.6 is 0 Å². The van der Waals surface area contributed by atoms with Crippen molar-refractivity contribution in [2.45, 2.75) is 58.0 Å². The molecule has 0 unspecified atom stereocenters. The molecule has 4 fully saturated rings. The van der Waals surface area contributed by atoms with E-state index in [-0.39, 0.29) is 28.5 Å². The number of halogens is 2. The maximum absolute atomic E-state index is 14.0. The summed E-state index contributed by atoms with van der Waals surface area (Å²) in [6.45, 7) is 1.54. The Kier molecular flexibility index (Phi) is 6.70. The number of hydrogen-bond acceptors (Lipinski definition) is 6. The maximum atomic E-state index is 14.0. The molecule has 1 aromatic carbocycles. The van der Waals surface area contributed by atoms with Crippen LogP contribution in [0.1, 0.15) is 61.0 Å². The number of nitrogens with zero attached hydrogens (tertiary/aromatic N) is 7. The Balaban J connectivity index is 1.04. The lowest BCUT2D eigenvalue weighted by atomic mass is 9.49. The Morgan fingerprint density at radius 2 is 1.67 bits per heavy atom. The van der Waals surface area contributed by atoms with Gasteiger partial charge in [0, 0.05) is 36.4 Å². The van der Waals surface area contributed by atoms with E-state index in [2.05, 4.69) is 15.3 Å². The van der Waals surface area contributed by atoms with E-state index in [0.29, 0.717) is 43.1 Å². The van der Waals surface area contributed by atoms with Crippen LogP contribution < -0.4 is 5.32 Å². The van der Waals surface area contributed by atoms with Gasteiger partial charge in [0.25, 0.3) is 5.91 Å². The molecule has 5 heterocycles. The first-order valence-electron chi connectivity index (χ1n) is 16.7. The molecule has 1 N–H and O–H groups in total. The number of carbonyl (C=O) groups is 2.